The Balaban J connectivity index is 2.31. The maximum absolute atomic E-state index is 10.3. The average molecular weight is 261 g/mol. The summed E-state index contributed by atoms with van der Waals surface area (Å²) in [5, 5.41) is 9.88. The molecule has 0 unspecified atom stereocenters. The molecule has 0 radical (unpaired) electrons. The Bertz CT molecular complexity index is 364. The van der Waals surface area contributed by atoms with Crippen molar-refractivity contribution >= 4 is 29.2 Å². The topological polar surface area (TPSA) is 37.3 Å². The van der Waals surface area contributed by atoms with Crippen LogP contribution in [0.1, 0.15) is 31.2 Å². The van der Waals surface area contributed by atoms with Gasteiger partial charge in [0.05, 0.1) is 0 Å². The van der Waals surface area contributed by atoms with E-state index in [1.54, 1.807) is 12.1 Å². The Morgan fingerprint density at radius 2 is 1.94 bits per heavy atom. The van der Waals surface area contributed by atoms with Crippen molar-refractivity contribution in [1.82, 2.24) is 0 Å². The molecule has 1 aromatic rings. The molecule has 16 heavy (non-hydrogen) atoms. The summed E-state index contributed by atoms with van der Waals surface area (Å²) in [6, 6.07) is 5.41. The molecular formula is C12H14Cl2O2. The van der Waals surface area contributed by atoms with E-state index in [9.17, 15) is 4.79 Å². The molecular weight excluding hydrogens is 247 g/mol. The molecule has 0 amide bonds. The fourth-order valence-corrected chi connectivity index (χ4v) is 1.91. The number of rotatable bonds is 6. The second kappa shape index (κ2) is 6.77. The average Bonchev–Trinajstić information content (AvgIpc) is 2.22. The summed E-state index contributed by atoms with van der Waals surface area (Å²) in [5.74, 6) is -0.735. The Morgan fingerprint density at radius 3 is 2.62 bits per heavy atom. The molecule has 0 spiro atoms. The summed E-state index contributed by atoms with van der Waals surface area (Å²) in [5.41, 5.74) is 1.03. The normalized spacial score (nSPS) is 10.4. The largest absolute Gasteiger partial charge is 0.481 e. The molecule has 0 saturated carbocycles. The maximum Gasteiger partial charge on any atom is 0.303 e. The van der Waals surface area contributed by atoms with E-state index >= 15 is 0 Å². The summed E-state index contributed by atoms with van der Waals surface area (Å²) >= 11 is 11.9. The number of halogens is 2. The third kappa shape index (κ3) is 4.86. The van der Waals surface area contributed by atoms with Gasteiger partial charge >= 0.3 is 5.97 Å². The fourth-order valence-electron chi connectivity index (χ4n) is 1.50. The molecule has 88 valence electrons. The number of benzene rings is 1. The molecule has 0 saturated heterocycles. The zero-order valence-electron chi connectivity index (χ0n) is 8.88. The van der Waals surface area contributed by atoms with Crippen molar-refractivity contribution < 1.29 is 9.90 Å². The molecule has 1 rings (SSSR count). The third-order valence-corrected chi connectivity index (χ3v) is 2.95. The van der Waals surface area contributed by atoms with Gasteiger partial charge in [0.1, 0.15) is 0 Å². The second-order valence-corrected chi connectivity index (χ2v) is 4.53. The van der Waals surface area contributed by atoms with Gasteiger partial charge in [-0.2, -0.15) is 0 Å². The minimum atomic E-state index is -0.735. The third-order valence-electron chi connectivity index (χ3n) is 2.34. The van der Waals surface area contributed by atoms with E-state index in [0.717, 1.165) is 29.8 Å². The summed E-state index contributed by atoms with van der Waals surface area (Å²) < 4.78 is 0. The van der Waals surface area contributed by atoms with Crippen LogP contribution in [0.5, 0.6) is 0 Å². The number of unbranched alkanes of at least 4 members (excludes halogenated alkanes) is 2. The van der Waals surface area contributed by atoms with Gasteiger partial charge in [0.25, 0.3) is 0 Å². The number of aryl methyl sites for hydroxylation is 1. The van der Waals surface area contributed by atoms with Gasteiger partial charge in [0, 0.05) is 16.5 Å². The van der Waals surface area contributed by atoms with Crippen molar-refractivity contribution in [3.05, 3.63) is 33.8 Å². The molecule has 0 bridgehead atoms. The second-order valence-electron chi connectivity index (χ2n) is 3.69. The van der Waals surface area contributed by atoms with E-state index in [0.29, 0.717) is 11.4 Å². The van der Waals surface area contributed by atoms with Crippen LogP contribution in [-0.2, 0) is 11.2 Å². The zero-order chi connectivity index (χ0) is 12.0. The first-order chi connectivity index (χ1) is 7.59. The van der Waals surface area contributed by atoms with Crippen LogP contribution >= 0.6 is 23.2 Å². The standard InChI is InChI=1S/C12H14Cl2O2/c13-10-6-7-11(14)9(8-10)4-2-1-3-5-12(15)16/h6-8H,1-5H2,(H,15,16). The molecule has 0 aliphatic rings. The van der Waals surface area contributed by atoms with Crippen molar-refractivity contribution in [3.8, 4) is 0 Å². The van der Waals surface area contributed by atoms with Crippen LogP contribution in [0.15, 0.2) is 18.2 Å². The van der Waals surface area contributed by atoms with Crippen molar-refractivity contribution in [2.45, 2.75) is 32.1 Å². The van der Waals surface area contributed by atoms with Crippen molar-refractivity contribution in [3.63, 3.8) is 0 Å². The van der Waals surface area contributed by atoms with E-state index in [2.05, 4.69) is 0 Å². The SMILES string of the molecule is O=C(O)CCCCCc1cc(Cl)ccc1Cl. The predicted molar refractivity (Wildman–Crippen MR) is 66.3 cm³/mol. The van der Waals surface area contributed by atoms with Crippen LogP contribution in [-0.4, -0.2) is 11.1 Å². The minimum Gasteiger partial charge on any atom is -0.481 e. The lowest BCUT2D eigenvalue weighted by Gasteiger charge is -2.04. The molecule has 0 fully saturated rings. The van der Waals surface area contributed by atoms with E-state index in [4.69, 9.17) is 28.3 Å². The first kappa shape index (κ1) is 13.3. The number of carboxylic acids is 1. The van der Waals surface area contributed by atoms with Crippen LogP contribution in [0.25, 0.3) is 0 Å². The maximum atomic E-state index is 10.3. The minimum absolute atomic E-state index is 0.239. The molecule has 0 aliphatic carbocycles. The van der Waals surface area contributed by atoms with Gasteiger partial charge in [-0.15, -0.1) is 0 Å². The Labute approximate surface area is 105 Å². The molecule has 0 heterocycles. The number of carbonyl (C=O) groups is 1. The van der Waals surface area contributed by atoms with Gasteiger partial charge in [0.2, 0.25) is 0 Å². The van der Waals surface area contributed by atoms with Crippen molar-refractivity contribution in [2.75, 3.05) is 0 Å². The summed E-state index contributed by atoms with van der Waals surface area (Å²) in [6.45, 7) is 0. The quantitative estimate of drug-likeness (QED) is 0.780. The Hall–Kier alpha value is -0.730. The monoisotopic (exact) mass is 260 g/mol. The van der Waals surface area contributed by atoms with Crippen molar-refractivity contribution in [1.29, 1.82) is 0 Å². The van der Waals surface area contributed by atoms with E-state index in [-0.39, 0.29) is 6.42 Å². The van der Waals surface area contributed by atoms with Crippen LogP contribution in [0.2, 0.25) is 10.0 Å². The van der Waals surface area contributed by atoms with Gasteiger partial charge in [0.15, 0.2) is 0 Å². The van der Waals surface area contributed by atoms with E-state index in [1.165, 1.54) is 0 Å². The molecule has 0 aliphatic heterocycles. The highest BCUT2D eigenvalue weighted by atomic mass is 35.5. The molecule has 1 N–H and O–H groups in total. The molecule has 0 aromatic heterocycles. The number of carboxylic acid groups (broad SMARTS) is 1. The lowest BCUT2D eigenvalue weighted by atomic mass is 10.1. The van der Waals surface area contributed by atoms with Gasteiger partial charge < -0.3 is 5.11 Å². The first-order valence-corrected chi connectivity index (χ1v) is 6.01. The van der Waals surface area contributed by atoms with Crippen LogP contribution in [0, 0.1) is 0 Å². The molecule has 4 heteroatoms. The van der Waals surface area contributed by atoms with Crippen LogP contribution in [0.4, 0.5) is 0 Å². The van der Waals surface area contributed by atoms with Crippen LogP contribution in [0.3, 0.4) is 0 Å². The number of aliphatic carboxylic acids is 1. The zero-order valence-corrected chi connectivity index (χ0v) is 10.4. The highest BCUT2D eigenvalue weighted by Crippen LogP contribution is 2.22. The lowest BCUT2D eigenvalue weighted by molar-refractivity contribution is -0.137. The van der Waals surface area contributed by atoms with Crippen molar-refractivity contribution in [2.24, 2.45) is 0 Å². The van der Waals surface area contributed by atoms with E-state index in [1.807, 2.05) is 6.07 Å². The highest BCUT2D eigenvalue weighted by molar-refractivity contribution is 6.33. The molecule has 1 aromatic carbocycles. The van der Waals surface area contributed by atoms with Crippen LogP contribution < -0.4 is 0 Å². The fraction of sp³-hybridized carbons (Fsp3) is 0.417. The molecule has 2 nitrogen and oxygen atoms in total. The Morgan fingerprint density at radius 1 is 1.19 bits per heavy atom. The summed E-state index contributed by atoms with van der Waals surface area (Å²) in [6.07, 6.45) is 3.64. The number of hydrogen-bond acceptors (Lipinski definition) is 1. The van der Waals surface area contributed by atoms with Gasteiger partial charge in [-0.1, -0.05) is 29.6 Å². The smallest absolute Gasteiger partial charge is 0.303 e. The summed E-state index contributed by atoms with van der Waals surface area (Å²) in [4.78, 5) is 10.3. The predicted octanol–water partition coefficient (Wildman–Crippen LogP) is 4.18. The first-order valence-electron chi connectivity index (χ1n) is 5.25. The Kier molecular flexibility index (Phi) is 5.64. The number of hydrogen-bond donors (Lipinski definition) is 1. The highest BCUT2D eigenvalue weighted by Gasteiger charge is 2.02. The van der Waals surface area contributed by atoms with Gasteiger partial charge in [-0.3, -0.25) is 4.79 Å². The van der Waals surface area contributed by atoms with Gasteiger partial charge in [-0.05, 0) is 43.0 Å². The van der Waals surface area contributed by atoms with Gasteiger partial charge in [-0.25, -0.2) is 0 Å². The van der Waals surface area contributed by atoms with E-state index < -0.39 is 5.97 Å². The molecule has 0 atom stereocenters. The summed E-state index contributed by atoms with van der Waals surface area (Å²) in [7, 11) is 0. The lowest BCUT2D eigenvalue weighted by Crippen LogP contribution is -1.94.